The molecular formula is C17H19N5O2S. The number of benzene rings is 1. The summed E-state index contributed by atoms with van der Waals surface area (Å²) in [6.45, 7) is 3.18. The Morgan fingerprint density at radius 3 is 2.80 bits per heavy atom. The topological polar surface area (TPSA) is 73.0 Å². The molecule has 2 aromatic heterocycles. The smallest absolute Gasteiger partial charge is 0.243 e. The minimum absolute atomic E-state index is 0.337. The summed E-state index contributed by atoms with van der Waals surface area (Å²) in [5.41, 5.74) is 3.76. The first-order valence-corrected chi connectivity index (χ1v) is 9.45. The highest BCUT2D eigenvalue weighted by Gasteiger charge is 2.34. The molecule has 1 aliphatic rings. The third-order valence-corrected chi connectivity index (χ3v) is 6.33. The Hall–Kier alpha value is -2.45. The Morgan fingerprint density at radius 2 is 2.08 bits per heavy atom. The number of aryl methyl sites for hydroxylation is 2. The quantitative estimate of drug-likeness (QED) is 0.712. The van der Waals surface area contributed by atoms with Crippen molar-refractivity contribution in [3.05, 3.63) is 65.5 Å². The van der Waals surface area contributed by atoms with Crippen molar-refractivity contribution >= 4 is 10.0 Å². The number of sulfonamides is 1. The number of hydrogen-bond donors (Lipinski definition) is 0. The zero-order chi connectivity index (χ0) is 17.6. The summed E-state index contributed by atoms with van der Waals surface area (Å²) in [5.74, 6) is 0. The number of imidazole rings is 1. The monoisotopic (exact) mass is 357 g/mol. The molecule has 8 heteroatoms. The van der Waals surface area contributed by atoms with E-state index in [-0.39, 0.29) is 0 Å². The predicted octanol–water partition coefficient (Wildman–Crippen LogP) is 1.68. The Bertz CT molecular complexity index is 1020. The molecule has 7 nitrogen and oxygen atoms in total. The van der Waals surface area contributed by atoms with Crippen molar-refractivity contribution in [1.29, 1.82) is 0 Å². The minimum Gasteiger partial charge on any atom is -0.331 e. The number of nitrogens with zero attached hydrogens (tertiary/aromatic N) is 5. The van der Waals surface area contributed by atoms with E-state index in [1.54, 1.807) is 35.4 Å². The fourth-order valence-corrected chi connectivity index (χ4v) is 4.69. The third-order valence-electron chi connectivity index (χ3n) is 4.54. The van der Waals surface area contributed by atoms with Crippen LogP contribution in [-0.2, 0) is 36.7 Å². The molecule has 0 unspecified atom stereocenters. The molecule has 4 rings (SSSR count). The fourth-order valence-electron chi connectivity index (χ4n) is 3.22. The van der Waals surface area contributed by atoms with Crippen molar-refractivity contribution in [3.8, 4) is 0 Å². The lowest BCUT2D eigenvalue weighted by atomic mass is 10.2. The number of rotatable bonds is 4. The zero-order valence-corrected chi connectivity index (χ0v) is 14.9. The molecule has 3 heterocycles. The van der Waals surface area contributed by atoms with Crippen molar-refractivity contribution < 1.29 is 8.42 Å². The Balaban J connectivity index is 1.65. The third kappa shape index (κ3) is 2.77. The minimum atomic E-state index is -3.52. The predicted molar refractivity (Wildman–Crippen MR) is 92.1 cm³/mol. The number of fused-ring (bicyclic) bond motifs is 1. The van der Waals surface area contributed by atoms with E-state index >= 15 is 0 Å². The van der Waals surface area contributed by atoms with Crippen LogP contribution in [0.1, 0.15) is 22.5 Å². The van der Waals surface area contributed by atoms with Crippen LogP contribution < -0.4 is 0 Å². The summed E-state index contributed by atoms with van der Waals surface area (Å²) in [7, 11) is -1.66. The van der Waals surface area contributed by atoms with Crippen LogP contribution in [0, 0.1) is 6.92 Å². The van der Waals surface area contributed by atoms with Crippen LogP contribution in [-0.4, -0.2) is 32.1 Å². The second kappa shape index (κ2) is 5.82. The normalized spacial score (nSPS) is 14.8. The molecule has 0 amide bonds. The highest BCUT2D eigenvalue weighted by Crippen LogP contribution is 2.31. The van der Waals surface area contributed by atoms with Crippen LogP contribution in [0.5, 0.6) is 0 Å². The first kappa shape index (κ1) is 16.0. The average Bonchev–Trinajstić information content (AvgIpc) is 3.28. The summed E-state index contributed by atoms with van der Waals surface area (Å²) < 4.78 is 31.2. The zero-order valence-electron chi connectivity index (χ0n) is 14.1. The Kier molecular flexibility index (Phi) is 3.73. The molecule has 1 aliphatic heterocycles. The van der Waals surface area contributed by atoms with Gasteiger partial charge in [0.1, 0.15) is 0 Å². The van der Waals surface area contributed by atoms with Gasteiger partial charge in [0.25, 0.3) is 0 Å². The lowest BCUT2D eigenvalue weighted by molar-refractivity contribution is 0.419. The van der Waals surface area contributed by atoms with Gasteiger partial charge in [-0.1, -0.05) is 12.1 Å². The average molecular weight is 357 g/mol. The van der Waals surface area contributed by atoms with Crippen LogP contribution in [0.2, 0.25) is 0 Å². The van der Waals surface area contributed by atoms with Gasteiger partial charge in [-0.05, 0) is 24.6 Å². The standard InChI is InChI=1S/C17H19N5O2S/c1-13-4-3-5-14(8-13)25(23,24)22-9-15-16(10-21-7-6-18-12-21)19-20(2)17(15)11-22/h3-8,12H,9-11H2,1-2H3. The van der Waals surface area contributed by atoms with Gasteiger partial charge >= 0.3 is 0 Å². The molecule has 0 atom stereocenters. The molecule has 1 aromatic carbocycles. The largest absolute Gasteiger partial charge is 0.331 e. The van der Waals surface area contributed by atoms with Crippen molar-refractivity contribution in [3.63, 3.8) is 0 Å². The number of hydrogen-bond acceptors (Lipinski definition) is 4. The van der Waals surface area contributed by atoms with Crippen molar-refractivity contribution in [1.82, 2.24) is 23.6 Å². The summed E-state index contributed by atoms with van der Waals surface area (Å²) in [6.07, 6.45) is 5.33. The first-order chi connectivity index (χ1) is 11.9. The molecular weight excluding hydrogens is 338 g/mol. The van der Waals surface area contributed by atoms with Gasteiger partial charge in [0, 0.05) is 31.5 Å². The van der Waals surface area contributed by atoms with Gasteiger partial charge in [0.15, 0.2) is 0 Å². The fraction of sp³-hybridized carbons (Fsp3) is 0.294. The highest BCUT2D eigenvalue weighted by atomic mass is 32.2. The lowest BCUT2D eigenvalue weighted by Gasteiger charge is -2.16. The van der Waals surface area contributed by atoms with E-state index in [2.05, 4.69) is 10.1 Å². The van der Waals surface area contributed by atoms with E-state index in [1.165, 1.54) is 4.31 Å². The molecule has 3 aromatic rings. The maximum absolute atomic E-state index is 13.0. The molecule has 0 saturated heterocycles. The van der Waals surface area contributed by atoms with E-state index in [0.717, 1.165) is 22.5 Å². The highest BCUT2D eigenvalue weighted by molar-refractivity contribution is 7.89. The molecule has 0 radical (unpaired) electrons. The van der Waals surface area contributed by atoms with Crippen LogP contribution >= 0.6 is 0 Å². The maximum atomic E-state index is 13.0. The van der Waals surface area contributed by atoms with Crippen molar-refractivity contribution in [2.24, 2.45) is 7.05 Å². The van der Waals surface area contributed by atoms with Crippen LogP contribution in [0.4, 0.5) is 0 Å². The van der Waals surface area contributed by atoms with Gasteiger partial charge in [-0.25, -0.2) is 13.4 Å². The van der Waals surface area contributed by atoms with E-state index in [9.17, 15) is 8.42 Å². The van der Waals surface area contributed by atoms with Gasteiger partial charge in [-0.2, -0.15) is 9.40 Å². The van der Waals surface area contributed by atoms with Gasteiger partial charge in [0.2, 0.25) is 10.0 Å². The van der Waals surface area contributed by atoms with Crippen LogP contribution in [0.15, 0.2) is 47.9 Å². The summed E-state index contributed by atoms with van der Waals surface area (Å²) in [6, 6.07) is 7.03. The second-order valence-corrected chi connectivity index (χ2v) is 8.26. The molecule has 0 N–H and O–H groups in total. The van der Waals surface area contributed by atoms with E-state index < -0.39 is 10.0 Å². The molecule has 0 fully saturated rings. The van der Waals surface area contributed by atoms with E-state index in [1.807, 2.05) is 30.8 Å². The molecule has 130 valence electrons. The Labute approximate surface area is 146 Å². The summed E-state index contributed by atoms with van der Waals surface area (Å²) in [4.78, 5) is 4.38. The first-order valence-electron chi connectivity index (χ1n) is 8.01. The van der Waals surface area contributed by atoms with Crippen LogP contribution in [0.25, 0.3) is 0 Å². The molecule has 0 spiro atoms. The molecule has 0 aliphatic carbocycles. The lowest BCUT2D eigenvalue weighted by Crippen LogP contribution is -2.26. The molecule has 25 heavy (non-hydrogen) atoms. The Morgan fingerprint density at radius 1 is 1.24 bits per heavy atom. The second-order valence-electron chi connectivity index (χ2n) is 6.32. The van der Waals surface area contributed by atoms with Gasteiger partial charge in [-0.3, -0.25) is 4.68 Å². The number of aromatic nitrogens is 4. The van der Waals surface area contributed by atoms with Gasteiger partial charge in [0.05, 0.1) is 35.7 Å². The van der Waals surface area contributed by atoms with Gasteiger partial charge < -0.3 is 4.57 Å². The SMILES string of the molecule is Cc1cccc(S(=O)(=O)N2Cc3c(Cn4ccnc4)nn(C)c3C2)c1. The van der Waals surface area contributed by atoms with Crippen LogP contribution in [0.3, 0.4) is 0 Å². The molecule has 0 saturated carbocycles. The summed E-state index contributed by atoms with van der Waals surface area (Å²) >= 11 is 0. The van der Waals surface area contributed by atoms with Crippen molar-refractivity contribution in [2.75, 3.05) is 0 Å². The van der Waals surface area contributed by atoms with Gasteiger partial charge in [-0.15, -0.1) is 0 Å². The van der Waals surface area contributed by atoms with Crippen molar-refractivity contribution in [2.45, 2.75) is 31.5 Å². The maximum Gasteiger partial charge on any atom is 0.243 e. The van der Waals surface area contributed by atoms with E-state index in [0.29, 0.717) is 24.5 Å². The summed E-state index contributed by atoms with van der Waals surface area (Å²) in [5, 5.41) is 4.56. The van der Waals surface area contributed by atoms with E-state index in [4.69, 9.17) is 0 Å². The molecule has 0 bridgehead atoms.